The number of hydrogen-bond donors (Lipinski definition) is 1. The smallest absolute Gasteiger partial charge is 0.305 e. The Balaban J connectivity index is 2.28. The number of ether oxygens (including phenoxy) is 1. The Morgan fingerprint density at radius 1 is 1.35 bits per heavy atom. The molecule has 108 valence electrons. The third-order valence-electron chi connectivity index (χ3n) is 3.08. The topological polar surface area (TPSA) is 66.8 Å². The molecule has 1 aromatic carbocycles. The van der Waals surface area contributed by atoms with Crippen LogP contribution in [0.15, 0.2) is 18.2 Å². The summed E-state index contributed by atoms with van der Waals surface area (Å²) >= 11 is 12.0. The van der Waals surface area contributed by atoms with Crippen molar-refractivity contribution >= 4 is 35.1 Å². The number of hydrogen-bond acceptors (Lipinski definition) is 3. The van der Waals surface area contributed by atoms with Gasteiger partial charge in [0.05, 0.1) is 41.3 Å². The summed E-state index contributed by atoms with van der Waals surface area (Å²) < 4.78 is 5.24. The van der Waals surface area contributed by atoms with Crippen LogP contribution in [0.4, 0.5) is 0 Å². The molecule has 1 aromatic rings. The van der Waals surface area contributed by atoms with Crippen LogP contribution in [-0.2, 0) is 9.53 Å². The Hall–Kier alpha value is -1.30. The van der Waals surface area contributed by atoms with Gasteiger partial charge in [-0.25, -0.2) is 0 Å². The van der Waals surface area contributed by atoms with Crippen LogP contribution in [0.1, 0.15) is 16.8 Å². The van der Waals surface area contributed by atoms with Crippen molar-refractivity contribution in [3.63, 3.8) is 0 Å². The molecule has 1 unspecified atom stereocenters. The molecule has 1 amide bonds. The van der Waals surface area contributed by atoms with Gasteiger partial charge < -0.3 is 14.7 Å². The quantitative estimate of drug-likeness (QED) is 0.929. The van der Waals surface area contributed by atoms with E-state index in [9.17, 15) is 9.59 Å². The highest BCUT2D eigenvalue weighted by atomic mass is 35.5. The summed E-state index contributed by atoms with van der Waals surface area (Å²) in [6, 6.07) is 4.29. The summed E-state index contributed by atoms with van der Waals surface area (Å²) in [5.41, 5.74) is 0.202. The van der Waals surface area contributed by atoms with Crippen LogP contribution in [0.25, 0.3) is 0 Å². The average Bonchev–Trinajstić information content (AvgIpc) is 2.38. The normalized spacial score (nSPS) is 18.9. The predicted octanol–water partition coefficient (Wildman–Crippen LogP) is 2.31. The van der Waals surface area contributed by atoms with Crippen molar-refractivity contribution < 1.29 is 19.4 Å². The molecule has 0 bridgehead atoms. The molecule has 0 saturated carbocycles. The molecule has 1 aliphatic rings. The van der Waals surface area contributed by atoms with Gasteiger partial charge in [0.15, 0.2) is 0 Å². The van der Waals surface area contributed by atoms with Gasteiger partial charge in [-0.05, 0) is 12.1 Å². The number of benzene rings is 1. The van der Waals surface area contributed by atoms with E-state index in [0.717, 1.165) is 0 Å². The minimum atomic E-state index is -0.983. The second kappa shape index (κ2) is 6.43. The number of carbonyl (C=O) groups is 2. The number of carboxylic acids is 1. The lowest BCUT2D eigenvalue weighted by molar-refractivity contribution is -0.139. The number of amides is 1. The van der Waals surface area contributed by atoms with E-state index in [1.165, 1.54) is 4.90 Å². The van der Waals surface area contributed by atoms with Gasteiger partial charge in [-0.2, -0.15) is 0 Å². The van der Waals surface area contributed by atoms with E-state index in [-0.39, 0.29) is 34.5 Å². The Morgan fingerprint density at radius 2 is 2.00 bits per heavy atom. The zero-order valence-electron chi connectivity index (χ0n) is 10.5. The highest BCUT2D eigenvalue weighted by Crippen LogP contribution is 2.27. The SMILES string of the molecule is O=C(O)CC1COCCN1C(=O)c1c(Cl)cccc1Cl. The van der Waals surface area contributed by atoms with Crippen LogP contribution < -0.4 is 0 Å². The van der Waals surface area contributed by atoms with Crippen molar-refractivity contribution in [3.8, 4) is 0 Å². The van der Waals surface area contributed by atoms with Gasteiger partial charge in [-0.15, -0.1) is 0 Å². The lowest BCUT2D eigenvalue weighted by Crippen LogP contribution is -2.49. The molecule has 0 radical (unpaired) electrons. The summed E-state index contributed by atoms with van der Waals surface area (Å²) in [5, 5.41) is 9.41. The third kappa shape index (κ3) is 3.23. The van der Waals surface area contributed by atoms with E-state index in [1.54, 1.807) is 18.2 Å². The molecular formula is C13H13Cl2NO4. The van der Waals surface area contributed by atoms with Crippen LogP contribution in [0.2, 0.25) is 10.0 Å². The summed E-state index contributed by atoms with van der Waals surface area (Å²) in [6.45, 7) is 0.877. The van der Waals surface area contributed by atoms with E-state index in [0.29, 0.717) is 13.2 Å². The van der Waals surface area contributed by atoms with Crippen molar-refractivity contribution in [2.75, 3.05) is 19.8 Å². The van der Waals surface area contributed by atoms with E-state index < -0.39 is 12.0 Å². The van der Waals surface area contributed by atoms with E-state index >= 15 is 0 Å². The lowest BCUT2D eigenvalue weighted by Gasteiger charge is -2.35. The fraction of sp³-hybridized carbons (Fsp3) is 0.385. The fourth-order valence-electron chi connectivity index (χ4n) is 2.14. The van der Waals surface area contributed by atoms with Gasteiger partial charge in [-0.3, -0.25) is 9.59 Å². The number of nitrogens with zero attached hydrogens (tertiary/aromatic N) is 1. The van der Waals surface area contributed by atoms with Gasteiger partial charge >= 0.3 is 5.97 Å². The summed E-state index contributed by atoms with van der Waals surface area (Å²) in [4.78, 5) is 24.9. The van der Waals surface area contributed by atoms with Crippen LogP contribution >= 0.6 is 23.2 Å². The number of morpholine rings is 1. The fourth-order valence-corrected chi connectivity index (χ4v) is 2.70. The zero-order chi connectivity index (χ0) is 14.7. The number of carbonyl (C=O) groups excluding carboxylic acids is 1. The summed E-state index contributed by atoms with van der Waals surface area (Å²) in [7, 11) is 0. The Labute approximate surface area is 126 Å². The molecule has 1 fully saturated rings. The first-order valence-electron chi connectivity index (χ1n) is 6.05. The number of halogens is 2. The molecule has 0 aromatic heterocycles. The van der Waals surface area contributed by atoms with Crippen molar-refractivity contribution in [1.82, 2.24) is 4.90 Å². The number of rotatable bonds is 3. The van der Waals surface area contributed by atoms with E-state index in [1.807, 2.05) is 0 Å². The Bertz CT molecular complexity index is 515. The second-order valence-corrected chi connectivity index (χ2v) is 5.24. The van der Waals surface area contributed by atoms with Crippen molar-refractivity contribution in [1.29, 1.82) is 0 Å². The molecule has 1 saturated heterocycles. The second-order valence-electron chi connectivity index (χ2n) is 4.42. The van der Waals surface area contributed by atoms with Crippen LogP contribution in [0, 0.1) is 0 Å². The molecule has 2 rings (SSSR count). The minimum absolute atomic E-state index is 0.173. The van der Waals surface area contributed by atoms with Gasteiger partial charge in [0.2, 0.25) is 0 Å². The molecular weight excluding hydrogens is 305 g/mol. The molecule has 1 heterocycles. The molecule has 7 heteroatoms. The minimum Gasteiger partial charge on any atom is -0.481 e. The summed E-state index contributed by atoms with van der Waals surface area (Å²) in [5.74, 6) is -1.35. The number of carboxylic acid groups (broad SMARTS) is 1. The van der Waals surface area contributed by atoms with Crippen molar-refractivity contribution in [2.24, 2.45) is 0 Å². The Morgan fingerprint density at radius 3 is 2.60 bits per heavy atom. The molecule has 1 atom stereocenters. The molecule has 1 N–H and O–H groups in total. The summed E-state index contributed by atoms with van der Waals surface area (Å²) in [6.07, 6.45) is -0.173. The molecule has 0 spiro atoms. The largest absolute Gasteiger partial charge is 0.481 e. The Kier molecular flexibility index (Phi) is 4.86. The highest BCUT2D eigenvalue weighted by molar-refractivity contribution is 6.39. The van der Waals surface area contributed by atoms with Gasteiger partial charge in [-0.1, -0.05) is 29.3 Å². The first-order chi connectivity index (χ1) is 9.50. The van der Waals surface area contributed by atoms with E-state index in [4.69, 9.17) is 33.0 Å². The maximum atomic E-state index is 12.5. The van der Waals surface area contributed by atoms with Gasteiger partial charge in [0.1, 0.15) is 0 Å². The maximum absolute atomic E-state index is 12.5. The van der Waals surface area contributed by atoms with E-state index in [2.05, 4.69) is 0 Å². The predicted molar refractivity (Wildman–Crippen MR) is 74.4 cm³/mol. The third-order valence-corrected chi connectivity index (χ3v) is 3.71. The van der Waals surface area contributed by atoms with Crippen molar-refractivity contribution in [3.05, 3.63) is 33.8 Å². The van der Waals surface area contributed by atoms with Gasteiger partial charge in [0.25, 0.3) is 5.91 Å². The lowest BCUT2D eigenvalue weighted by atomic mass is 10.1. The molecule has 20 heavy (non-hydrogen) atoms. The van der Waals surface area contributed by atoms with Crippen LogP contribution in [0.5, 0.6) is 0 Å². The van der Waals surface area contributed by atoms with Crippen molar-refractivity contribution in [2.45, 2.75) is 12.5 Å². The molecule has 5 nitrogen and oxygen atoms in total. The monoisotopic (exact) mass is 317 g/mol. The average molecular weight is 318 g/mol. The molecule has 0 aliphatic carbocycles. The maximum Gasteiger partial charge on any atom is 0.305 e. The molecule has 1 aliphatic heterocycles. The number of aliphatic carboxylic acids is 1. The standard InChI is InChI=1S/C13H13Cl2NO4/c14-9-2-1-3-10(15)12(9)13(19)16-4-5-20-7-8(16)6-11(17)18/h1-3,8H,4-7H2,(H,17,18). The zero-order valence-corrected chi connectivity index (χ0v) is 12.0. The highest BCUT2D eigenvalue weighted by Gasteiger charge is 2.31. The van der Waals surface area contributed by atoms with Crippen LogP contribution in [0.3, 0.4) is 0 Å². The van der Waals surface area contributed by atoms with Crippen LogP contribution in [-0.4, -0.2) is 47.7 Å². The first-order valence-corrected chi connectivity index (χ1v) is 6.81. The first kappa shape index (κ1) is 15.1. The van der Waals surface area contributed by atoms with Gasteiger partial charge in [0, 0.05) is 6.54 Å².